The van der Waals surface area contributed by atoms with Crippen molar-refractivity contribution in [1.29, 1.82) is 0 Å². The molecule has 0 bridgehead atoms. The molecule has 1 saturated carbocycles. The Labute approximate surface area is 164 Å². The van der Waals surface area contributed by atoms with Crippen LogP contribution in [0.15, 0.2) is 29.4 Å². The number of likely N-dealkylation sites (tertiary alicyclic amines) is 1. The maximum atomic E-state index is 14.9. The van der Waals surface area contributed by atoms with Crippen LogP contribution >= 0.6 is 0 Å². The molecule has 0 spiro atoms. The second-order valence-corrected chi connectivity index (χ2v) is 8.10. The quantitative estimate of drug-likeness (QED) is 0.726. The van der Waals surface area contributed by atoms with Crippen molar-refractivity contribution in [1.82, 2.24) is 25.3 Å². The first-order valence-corrected chi connectivity index (χ1v) is 10.1. The predicted molar refractivity (Wildman–Crippen MR) is 104 cm³/mol. The number of amidine groups is 1. The molecule has 4 rings (SSSR count). The molecule has 0 radical (unpaired) electrons. The molecular formula is C19H29F2N7. The number of likely N-dealkylation sites (N-methyl/N-ethyl adjacent to an activating group) is 1. The zero-order chi connectivity index (χ0) is 19.7. The molecule has 1 aromatic rings. The van der Waals surface area contributed by atoms with Gasteiger partial charge < -0.3 is 15.5 Å². The van der Waals surface area contributed by atoms with Gasteiger partial charge in [-0.3, -0.25) is 10.4 Å². The van der Waals surface area contributed by atoms with Gasteiger partial charge >= 0.3 is 0 Å². The van der Waals surface area contributed by atoms with Gasteiger partial charge in [0.1, 0.15) is 6.17 Å². The van der Waals surface area contributed by atoms with Crippen molar-refractivity contribution in [2.75, 3.05) is 26.7 Å². The Morgan fingerprint density at radius 2 is 2.14 bits per heavy atom. The molecule has 1 aromatic heterocycles. The normalized spacial score (nSPS) is 32.0. The highest BCUT2D eigenvalue weighted by molar-refractivity contribution is 5.96. The van der Waals surface area contributed by atoms with E-state index in [-0.39, 0.29) is 11.9 Å². The number of rotatable bonds is 4. The summed E-state index contributed by atoms with van der Waals surface area (Å²) in [6.07, 6.45) is 9.34. The molecule has 1 saturated heterocycles. The smallest absolute Gasteiger partial charge is 0.214 e. The molecular weight excluding hydrogens is 364 g/mol. The summed E-state index contributed by atoms with van der Waals surface area (Å²) in [6, 6.07) is -0.319. The summed E-state index contributed by atoms with van der Waals surface area (Å²) in [5, 5.41) is 9.79. The van der Waals surface area contributed by atoms with Crippen LogP contribution in [0.1, 0.15) is 43.7 Å². The van der Waals surface area contributed by atoms with Crippen LogP contribution in [0.5, 0.6) is 0 Å². The summed E-state index contributed by atoms with van der Waals surface area (Å²) >= 11 is 0. The number of hydrogen-bond donors (Lipinski definition) is 3. The largest absolute Gasteiger partial charge is 0.371 e. The summed E-state index contributed by atoms with van der Waals surface area (Å²) in [4.78, 5) is 6.46. The summed E-state index contributed by atoms with van der Waals surface area (Å²) in [7, 11) is 1.58. The lowest BCUT2D eigenvalue weighted by Crippen LogP contribution is -2.50. The maximum Gasteiger partial charge on any atom is 0.214 e. The highest BCUT2D eigenvalue weighted by Crippen LogP contribution is 2.31. The van der Waals surface area contributed by atoms with Crippen molar-refractivity contribution < 1.29 is 8.78 Å². The molecule has 2 aliphatic heterocycles. The van der Waals surface area contributed by atoms with Crippen molar-refractivity contribution in [2.45, 2.75) is 50.1 Å². The average Bonchev–Trinajstić information content (AvgIpc) is 3.36. The van der Waals surface area contributed by atoms with E-state index < -0.39 is 17.8 Å². The van der Waals surface area contributed by atoms with E-state index in [0.29, 0.717) is 18.5 Å². The number of piperidine rings is 1. The highest BCUT2D eigenvalue weighted by Gasteiger charge is 2.35. The van der Waals surface area contributed by atoms with E-state index in [1.165, 1.54) is 31.9 Å². The van der Waals surface area contributed by atoms with Gasteiger partial charge in [-0.2, -0.15) is 5.10 Å². The van der Waals surface area contributed by atoms with Crippen LogP contribution in [-0.4, -0.2) is 53.4 Å². The first-order valence-electron chi connectivity index (χ1n) is 10.1. The van der Waals surface area contributed by atoms with Crippen LogP contribution in [0.4, 0.5) is 8.78 Å². The second-order valence-electron chi connectivity index (χ2n) is 8.10. The molecule has 3 heterocycles. The maximum absolute atomic E-state index is 14.9. The number of nitrogens with zero attached hydrogens (tertiary/aromatic N) is 4. The molecule has 1 aliphatic carbocycles. The minimum absolute atomic E-state index is 0.0672. The fourth-order valence-corrected chi connectivity index (χ4v) is 4.52. The molecule has 3 atom stereocenters. The van der Waals surface area contributed by atoms with Gasteiger partial charge in [-0.1, -0.05) is 12.8 Å². The summed E-state index contributed by atoms with van der Waals surface area (Å²) in [5.74, 6) is -1.06. The van der Waals surface area contributed by atoms with Gasteiger partial charge in [-0.05, 0) is 25.2 Å². The Morgan fingerprint density at radius 1 is 1.36 bits per heavy atom. The number of aromatic nitrogens is 2. The number of halogens is 2. The topological polar surface area (TPSA) is 83.5 Å². The molecule has 0 aromatic carbocycles. The van der Waals surface area contributed by atoms with E-state index in [9.17, 15) is 8.78 Å². The van der Waals surface area contributed by atoms with E-state index in [1.807, 2.05) is 0 Å². The summed E-state index contributed by atoms with van der Waals surface area (Å²) in [6.45, 7) is 2.32. The molecule has 9 heteroatoms. The van der Waals surface area contributed by atoms with Gasteiger partial charge in [0.05, 0.1) is 17.8 Å². The molecule has 4 N–H and O–H groups in total. The number of nitrogens with one attached hydrogen (secondary N) is 2. The van der Waals surface area contributed by atoms with E-state index in [4.69, 9.17) is 5.73 Å². The van der Waals surface area contributed by atoms with Gasteiger partial charge in [-0.15, -0.1) is 0 Å². The standard InChI is InChI=1S/C19H29F2N7/c1-23-18-15(20)9-24-19(22,26-18)14-8-25-28(11-14)17-6-7-27(12-16(17)21)10-13-4-2-3-5-13/h8-9,11,13,16-17,24H,2-7,10,12,22H2,1H3,(H,23,26)/t16-,17-,19?/m1/s1. The van der Waals surface area contributed by atoms with E-state index in [1.54, 1.807) is 24.1 Å². The van der Waals surface area contributed by atoms with Crippen LogP contribution in [0.25, 0.3) is 0 Å². The number of alkyl halides is 1. The minimum Gasteiger partial charge on any atom is -0.371 e. The Balaban J connectivity index is 1.42. The van der Waals surface area contributed by atoms with Gasteiger partial charge in [0.2, 0.25) is 5.79 Å². The number of hydrogen-bond acceptors (Lipinski definition) is 6. The Kier molecular flexibility index (Phi) is 5.37. The van der Waals surface area contributed by atoms with Crippen LogP contribution in [0.3, 0.4) is 0 Å². The monoisotopic (exact) mass is 393 g/mol. The lowest BCUT2D eigenvalue weighted by atomic mass is 10.0. The van der Waals surface area contributed by atoms with Crippen molar-refractivity contribution in [3.8, 4) is 0 Å². The first kappa shape index (κ1) is 19.3. The van der Waals surface area contributed by atoms with Gasteiger partial charge in [-0.25, -0.2) is 13.8 Å². The Morgan fingerprint density at radius 3 is 2.86 bits per heavy atom. The zero-order valence-electron chi connectivity index (χ0n) is 16.2. The van der Waals surface area contributed by atoms with Crippen molar-refractivity contribution in [3.63, 3.8) is 0 Å². The van der Waals surface area contributed by atoms with Crippen LogP contribution in [0, 0.1) is 5.92 Å². The van der Waals surface area contributed by atoms with E-state index in [0.717, 1.165) is 19.0 Å². The average molecular weight is 393 g/mol. The minimum atomic E-state index is -1.33. The van der Waals surface area contributed by atoms with Crippen molar-refractivity contribution in [3.05, 3.63) is 30.0 Å². The number of nitrogens with two attached hydrogens (primary N) is 1. The fraction of sp³-hybridized carbons (Fsp3) is 0.684. The molecule has 3 aliphatic rings. The third-order valence-corrected chi connectivity index (χ3v) is 6.13. The third kappa shape index (κ3) is 3.77. The lowest BCUT2D eigenvalue weighted by Gasteiger charge is -2.36. The molecule has 1 unspecified atom stereocenters. The zero-order valence-corrected chi connectivity index (χ0v) is 16.2. The predicted octanol–water partition coefficient (Wildman–Crippen LogP) is 1.76. The third-order valence-electron chi connectivity index (χ3n) is 6.13. The van der Waals surface area contributed by atoms with Crippen molar-refractivity contribution >= 4 is 5.84 Å². The molecule has 28 heavy (non-hydrogen) atoms. The molecule has 0 amide bonds. The van der Waals surface area contributed by atoms with Crippen LogP contribution in [0.2, 0.25) is 0 Å². The Hall–Kier alpha value is -2.00. The van der Waals surface area contributed by atoms with Crippen LogP contribution < -0.4 is 16.4 Å². The summed E-state index contributed by atoms with van der Waals surface area (Å²) < 4.78 is 30.3. The molecule has 2 fully saturated rings. The van der Waals surface area contributed by atoms with E-state index >= 15 is 0 Å². The van der Waals surface area contributed by atoms with Gasteiger partial charge in [0.15, 0.2) is 11.7 Å². The number of aliphatic imine (C=N–C) groups is 1. The van der Waals surface area contributed by atoms with Gasteiger partial charge in [0.25, 0.3) is 0 Å². The molecule has 154 valence electrons. The van der Waals surface area contributed by atoms with Crippen LogP contribution in [-0.2, 0) is 5.79 Å². The van der Waals surface area contributed by atoms with E-state index in [2.05, 4.69) is 25.6 Å². The molecule has 7 nitrogen and oxygen atoms in total. The SMILES string of the molecule is CNC1=NC(N)(c2cnn([C@@H]3CCN(CC4CCCC4)C[C@H]3F)c2)NC=C1F. The highest BCUT2D eigenvalue weighted by atomic mass is 19.1. The fourth-order valence-electron chi connectivity index (χ4n) is 4.52. The van der Waals surface area contributed by atoms with Gasteiger partial charge in [0, 0.05) is 39.1 Å². The second kappa shape index (κ2) is 7.79. The Bertz CT molecular complexity index is 755. The first-order chi connectivity index (χ1) is 13.5. The van der Waals surface area contributed by atoms with Crippen molar-refractivity contribution in [2.24, 2.45) is 16.6 Å². The summed E-state index contributed by atoms with van der Waals surface area (Å²) in [5.41, 5.74) is 6.85. The lowest BCUT2D eigenvalue weighted by molar-refractivity contribution is 0.0738.